The molecule has 2 unspecified atom stereocenters. The van der Waals surface area contributed by atoms with Gasteiger partial charge in [0.2, 0.25) is 5.56 Å². The van der Waals surface area contributed by atoms with Crippen molar-refractivity contribution >= 4 is 51.4 Å². The van der Waals surface area contributed by atoms with Crippen LogP contribution in [0.4, 0.5) is 14.5 Å². The molecule has 0 saturated heterocycles. The molecule has 2 heterocycles. The number of aromatic nitrogens is 1. The lowest BCUT2D eigenvalue weighted by atomic mass is 10.1. The molecule has 9 heteroatoms. The molecule has 0 fully saturated rings. The Morgan fingerprint density at radius 1 is 1.23 bits per heavy atom. The van der Waals surface area contributed by atoms with E-state index in [4.69, 9.17) is 11.6 Å². The van der Waals surface area contributed by atoms with Crippen LogP contribution in [0.1, 0.15) is 17.3 Å². The molecule has 5 nitrogen and oxygen atoms in total. The highest BCUT2D eigenvalue weighted by Crippen LogP contribution is 2.30. The number of aliphatic imine (C=N–C) groups is 1. The van der Waals surface area contributed by atoms with E-state index < -0.39 is 23.1 Å². The van der Waals surface area contributed by atoms with Crippen LogP contribution in [0.5, 0.6) is 0 Å². The number of amides is 1. The Morgan fingerprint density at radius 2 is 2.03 bits per heavy atom. The Labute approximate surface area is 179 Å². The standard InChI is InChI=1S/C21H16ClF2N3O2S/c1-11-18(30-10-25-11)9-27(12-5-6-16(23)15(22)7-12)21(29)14-8-19(28)26-20-13(14)3-2-4-17(20)24/h2-8,10-11,18H,9H2,1H3,(H,26,28). The van der Waals surface area contributed by atoms with Gasteiger partial charge in [0.25, 0.3) is 5.91 Å². The molecule has 1 amide bonds. The van der Waals surface area contributed by atoms with E-state index in [9.17, 15) is 18.4 Å². The number of aromatic amines is 1. The van der Waals surface area contributed by atoms with Crippen LogP contribution in [-0.2, 0) is 0 Å². The van der Waals surface area contributed by atoms with Crippen molar-refractivity contribution in [2.24, 2.45) is 4.99 Å². The van der Waals surface area contributed by atoms with E-state index in [2.05, 4.69) is 9.98 Å². The predicted octanol–water partition coefficient (Wildman–Crippen LogP) is 4.64. The first kappa shape index (κ1) is 20.6. The van der Waals surface area contributed by atoms with E-state index in [1.54, 1.807) is 11.6 Å². The number of fused-ring (bicyclic) bond motifs is 1. The summed E-state index contributed by atoms with van der Waals surface area (Å²) in [6.07, 6.45) is 0. The van der Waals surface area contributed by atoms with Gasteiger partial charge in [0.15, 0.2) is 0 Å². The first-order chi connectivity index (χ1) is 14.3. The number of carbonyl (C=O) groups is 1. The highest BCUT2D eigenvalue weighted by molar-refractivity contribution is 8.13. The average Bonchev–Trinajstić information content (AvgIpc) is 3.12. The number of nitrogens with zero attached hydrogens (tertiary/aromatic N) is 2. The van der Waals surface area contributed by atoms with Crippen LogP contribution in [0, 0.1) is 11.6 Å². The van der Waals surface area contributed by atoms with E-state index in [1.165, 1.54) is 47.0 Å². The van der Waals surface area contributed by atoms with Crippen molar-refractivity contribution in [2.75, 3.05) is 11.4 Å². The minimum absolute atomic E-state index is 0.0328. The summed E-state index contributed by atoms with van der Waals surface area (Å²) in [5.74, 6) is -1.76. The SMILES string of the molecule is CC1N=CSC1CN(C(=O)c1cc(=O)[nH]c2c(F)cccc12)c1ccc(F)c(Cl)c1. The average molecular weight is 448 g/mol. The molecule has 0 radical (unpaired) electrons. The number of nitrogens with one attached hydrogen (secondary N) is 1. The zero-order valence-corrected chi connectivity index (χ0v) is 17.3. The lowest BCUT2D eigenvalue weighted by Gasteiger charge is -2.27. The third-order valence-corrected chi connectivity index (χ3v) is 6.38. The molecule has 1 aromatic heterocycles. The predicted molar refractivity (Wildman–Crippen MR) is 117 cm³/mol. The number of thioether (sulfide) groups is 1. The van der Waals surface area contributed by atoms with Crippen LogP contribution in [0.25, 0.3) is 10.9 Å². The first-order valence-electron chi connectivity index (χ1n) is 9.10. The summed E-state index contributed by atoms with van der Waals surface area (Å²) in [5.41, 5.74) is 1.51. The van der Waals surface area contributed by atoms with Gasteiger partial charge >= 0.3 is 0 Å². The number of rotatable bonds is 4. The number of hydrogen-bond acceptors (Lipinski definition) is 4. The molecule has 1 aliphatic rings. The highest BCUT2D eigenvalue weighted by atomic mass is 35.5. The minimum Gasteiger partial charge on any atom is -0.319 e. The number of carbonyl (C=O) groups excluding carboxylic acids is 1. The molecule has 0 bridgehead atoms. The van der Waals surface area contributed by atoms with E-state index in [0.29, 0.717) is 5.69 Å². The monoisotopic (exact) mass is 447 g/mol. The maximum Gasteiger partial charge on any atom is 0.259 e. The number of pyridine rings is 1. The zero-order valence-electron chi connectivity index (χ0n) is 15.7. The molecule has 0 aliphatic carbocycles. The van der Waals surface area contributed by atoms with Gasteiger partial charge in [-0.2, -0.15) is 0 Å². The van der Waals surface area contributed by atoms with Gasteiger partial charge in [0.05, 0.1) is 32.9 Å². The molecule has 30 heavy (non-hydrogen) atoms. The normalized spacial score (nSPS) is 18.1. The number of para-hydroxylation sites is 1. The van der Waals surface area contributed by atoms with Crippen molar-refractivity contribution in [1.82, 2.24) is 4.98 Å². The molecule has 0 spiro atoms. The second kappa shape index (κ2) is 8.20. The molecule has 1 N–H and O–H groups in total. The smallest absolute Gasteiger partial charge is 0.259 e. The van der Waals surface area contributed by atoms with E-state index >= 15 is 0 Å². The van der Waals surface area contributed by atoms with Gasteiger partial charge in [-0.15, -0.1) is 11.8 Å². The van der Waals surface area contributed by atoms with Crippen molar-refractivity contribution in [2.45, 2.75) is 18.2 Å². The van der Waals surface area contributed by atoms with E-state index in [-0.39, 0.29) is 39.3 Å². The molecule has 3 aromatic rings. The summed E-state index contributed by atoms with van der Waals surface area (Å²) in [5, 5.41) is 0.111. The van der Waals surface area contributed by atoms with E-state index in [1.807, 2.05) is 6.92 Å². The molecular formula is C21H16ClF2N3O2S. The Morgan fingerprint density at radius 3 is 2.73 bits per heavy atom. The maximum absolute atomic E-state index is 14.2. The highest BCUT2D eigenvalue weighted by Gasteiger charge is 2.29. The lowest BCUT2D eigenvalue weighted by Crippen LogP contribution is -2.39. The van der Waals surface area contributed by atoms with Crippen molar-refractivity contribution in [3.8, 4) is 0 Å². The van der Waals surface area contributed by atoms with Gasteiger partial charge in [-0.25, -0.2) is 8.78 Å². The zero-order chi connectivity index (χ0) is 21.4. The number of hydrogen-bond donors (Lipinski definition) is 1. The summed E-state index contributed by atoms with van der Waals surface area (Å²) in [7, 11) is 0. The third-order valence-electron chi connectivity index (χ3n) is 4.95. The van der Waals surface area contributed by atoms with Crippen molar-refractivity contribution in [1.29, 1.82) is 0 Å². The van der Waals surface area contributed by atoms with Gasteiger partial charge in [-0.3, -0.25) is 14.6 Å². The molecular weight excluding hydrogens is 432 g/mol. The Bertz CT molecular complexity index is 1230. The topological polar surface area (TPSA) is 65.5 Å². The fraction of sp³-hybridized carbons (Fsp3) is 0.190. The van der Waals surface area contributed by atoms with Crippen LogP contribution in [0.2, 0.25) is 5.02 Å². The molecule has 154 valence electrons. The maximum atomic E-state index is 14.2. The summed E-state index contributed by atoms with van der Waals surface area (Å²) in [4.78, 5) is 33.9. The van der Waals surface area contributed by atoms with Crippen LogP contribution in [0.15, 0.2) is 52.3 Å². The van der Waals surface area contributed by atoms with Crippen LogP contribution < -0.4 is 10.5 Å². The van der Waals surface area contributed by atoms with Gasteiger partial charge in [-0.05, 0) is 31.2 Å². The van der Waals surface area contributed by atoms with E-state index in [0.717, 1.165) is 6.07 Å². The third kappa shape index (κ3) is 3.85. The largest absolute Gasteiger partial charge is 0.319 e. The van der Waals surface area contributed by atoms with Crippen LogP contribution >= 0.6 is 23.4 Å². The Hall–Kier alpha value is -2.71. The summed E-state index contributed by atoms with van der Waals surface area (Å²) in [6, 6.07) is 9.32. The second-order valence-electron chi connectivity index (χ2n) is 6.89. The number of benzene rings is 2. The van der Waals surface area contributed by atoms with Crippen molar-refractivity contribution in [3.05, 3.63) is 75.0 Å². The number of halogens is 3. The fourth-order valence-corrected chi connectivity index (χ4v) is 4.45. The molecule has 0 saturated carbocycles. The minimum atomic E-state index is -0.635. The second-order valence-corrected chi connectivity index (χ2v) is 8.39. The van der Waals surface area contributed by atoms with Gasteiger partial charge in [0, 0.05) is 23.7 Å². The number of anilines is 1. The van der Waals surface area contributed by atoms with Crippen LogP contribution in [0.3, 0.4) is 0 Å². The molecule has 4 rings (SSSR count). The fourth-order valence-electron chi connectivity index (χ4n) is 3.32. The summed E-state index contributed by atoms with van der Waals surface area (Å²) < 4.78 is 27.9. The van der Waals surface area contributed by atoms with Gasteiger partial charge in [-0.1, -0.05) is 23.7 Å². The van der Waals surface area contributed by atoms with Gasteiger partial charge < -0.3 is 9.88 Å². The van der Waals surface area contributed by atoms with Gasteiger partial charge in [0.1, 0.15) is 11.6 Å². The first-order valence-corrected chi connectivity index (χ1v) is 10.4. The van der Waals surface area contributed by atoms with Crippen LogP contribution in [-0.4, -0.2) is 34.3 Å². The lowest BCUT2D eigenvalue weighted by molar-refractivity contribution is 0.0988. The number of H-pyrrole nitrogens is 1. The molecule has 2 aromatic carbocycles. The van der Waals surface area contributed by atoms with Crippen molar-refractivity contribution < 1.29 is 13.6 Å². The quantitative estimate of drug-likeness (QED) is 0.633. The Balaban J connectivity index is 1.83. The summed E-state index contributed by atoms with van der Waals surface area (Å²) >= 11 is 7.43. The molecule has 1 aliphatic heterocycles. The van der Waals surface area contributed by atoms with Crippen molar-refractivity contribution in [3.63, 3.8) is 0 Å². The summed E-state index contributed by atoms with van der Waals surface area (Å²) in [6.45, 7) is 2.18. The molecule has 2 atom stereocenters. The Kier molecular flexibility index (Phi) is 5.62.